The lowest BCUT2D eigenvalue weighted by molar-refractivity contribution is -0.137. The summed E-state index contributed by atoms with van der Waals surface area (Å²) < 4.78 is 0. The minimum atomic E-state index is -0.708. The zero-order chi connectivity index (χ0) is 11.8. The monoisotopic (exact) mass is 242 g/mol. The molecule has 0 fully saturated rings. The number of hydrogen-bond acceptors (Lipinski definition) is 4. The predicted octanol–water partition coefficient (Wildman–Crippen LogP) is 2.76. The predicted molar refractivity (Wildman–Crippen MR) is 66.1 cm³/mol. The number of rotatable bonds is 8. The summed E-state index contributed by atoms with van der Waals surface area (Å²) >= 11 is 1.63. The first kappa shape index (κ1) is 13.0. The molecule has 1 aromatic rings. The van der Waals surface area contributed by atoms with Crippen molar-refractivity contribution in [1.29, 1.82) is 0 Å². The van der Waals surface area contributed by atoms with Crippen LogP contribution in [0.3, 0.4) is 0 Å². The minimum Gasteiger partial charge on any atom is -0.481 e. The van der Waals surface area contributed by atoms with E-state index in [4.69, 9.17) is 5.11 Å². The molecule has 4 nitrogen and oxygen atoms in total. The van der Waals surface area contributed by atoms with Gasteiger partial charge in [-0.3, -0.25) is 4.79 Å². The number of nitrogens with one attached hydrogen (secondary N) is 1. The molecule has 0 atom stereocenters. The second-order valence-electron chi connectivity index (χ2n) is 3.63. The number of aliphatic carboxylic acids is 1. The molecule has 0 saturated heterocycles. The van der Waals surface area contributed by atoms with Gasteiger partial charge in [-0.25, -0.2) is 4.98 Å². The number of nitrogens with zero attached hydrogens (tertiary/aromatic N) is 1. The molecular formula is C11H18N2O2S. The van der Waals surface area contributed by atoms with Crippen molar-refractivity contribution in [2.24, 2.45) is 0 Å². The molecule has 1 aromatic heterocycles. The third-order valence-electron chi connectivity index (χ3n) is 2.26. The number of carboxylic acid groups (broad SMARTS) is 1. The molecule has 0 aliphatic heterocycles. The fourth-order valence-electron chi connectivity index (χ4n) is 1.32. The molecule has 0 spiro atoms. The molecule has 0 unspecified atom stereocenters. The number of hydrogen-bond donors (Lipinski definition) is 2. The summed E-state index contributed by atoms with van der Waals surface area (Å²) in [5.41, 5.74) is 1.12. The van der Waals surface area contributed by atoms with Gasteiger partial charge in [0.05, 0.1) is 5.69 Å². The number of carboxylic acids is 1. The third-order valence-corrected chi connectivity index (χ3v) is 3.11. The van der Waals surface area contributed by atoms with Crippen LogP contribution in [0.25, 0.3) is 0 Å². The molecule has 0 radical (unpaired) electrons. The van der Waals surface area contributed by atoms with E-state index >= 15 is 0 Å². The summed E-state index contributed by atoms with van der Waals surface area (Å²) in [4.78, 5) is 14.7. The van der Waals surface area contributed by atoms with Crippen LogP contribution < -0.4 is 5.32 Å². The molecule has 0 aliphatic rings. The Morgan fingerprint density at radius 3 is 2.94 bits per heavy atom. The van der Waals surface area contributed by atoms with E-state index in [9.17, 15) is 4.79 Å². The zero-order valence-corrected chi connectivity index (χ0v) is 10.3. The van der Waals surface area contributed by atoms with Crippen LogP contribution in [0.1, 0.15) is 38.3 Å². The van der Waals surface area contributed by atoms with Crippen molar-refractivity contribution in [3.63, 3.8) is 0 Å². The molecule has 0 bridgehead atoms. The fraction of sp³-hybridized carbons (Fsp3) is 0.636. The van der Waals surface area contributed by atoms with E-state index in [1.807, 2.05) is 0 Å². The molecule has 90 valence electrons. The van der Waals surface area contributed by atoms with Crippen molar-refractivity contribution in [3.05, 3.63) is 11.1 Å². The van der Waals surface area contributed by atoms with Gasteiger partial charge in [-0.05, 0) is 19.3 Å². The highest BCUT2D eigenvalue weighted by Gasteiger charge is 1.99. The molecule has 5 heteroatoms. The van der Waals surface area contributed by atoms with Crippen LogP contribution >= 0.6 is 11.3 Å². The Labute approximate surface area is 99.7 Å². The Bertz CT molecular complexity index is 326. The van der Waals surface area contributed by atoms with Gasteiger partial charge in [0.1, 0.15) is 0 Å². The summed E-state index contributed by atoms with van der Waals surface area (Å²) in [7, 11) is 0. The van der Waals surface area contributed by atoms with Crippen LogP contribution in [0.4, 0.5) is 5.13 Å². The molecule has 0 aliphatic carbocycles. The van der Waals surface area contributed by atoms with Gasteiger partial charge in [0, 0.05) is 18.3 Å². The first-order valence-corrected chi connectivity index (χ1v) is 6.50. The van der Waals surface area contributed by atoms with E-state index in [1.54, 1.807) is 11.3 Å². The average Bonchev–Trinajstić information content (AvgIpc) is 2.70. The Morgan fingerprint density at radius 2 is 2.31 bits per heavy atom. The molecule has 1 rings (SSSR count). The van der Waals surface area contributed by atoms with E-state index in [0.717, 1.165) is 43.1 Å². The van der Waals surface area contributed by atoms with Crippen molar-refractivity contribution in [2.45, 2.75) is 39.0 Å². The highest BCUT2D eigenvalue weighted by molar-refractivity contribution is 7.13. The quantitative estimate of drug-likeness (QED) is 0.688. The van der Waals surface area contributed by atoms with Crippen LogP contribution in [0.15, 0.2) is 5.38 Å². The lowest BCUT2D eigenvalue weighted by Crippen LogP contribution is -2.02. The smallest absolute Gasteiger partial charge is 0.303 e. The van der Waals surface area contributed by atoms with E-state index in [-0.39, 0.29) is 6.42 Å². The Morgan fingerprint density at radius 1 is 1.50 bits per heavy atom. The average molecular weight is 242 g/mol. The van der Waals surface area contributed by atoms with Crippen LogP contribution in [-0.4, -0.2) is 22.6 Å². The van der Waals surface area contributed by atoms with Crippen LogP contribution in [0.5, 0.6) is 0 Å². The Hall–Kier alpha value is -1.10. The fourth-order valence-corrected chi connectivity index (χ4v) is 2.15. The number of carbonyl (C=O) groups is 1. The number of aromatic nitrogens is 1. The van der Waals surface area contributed by atoms with E-state index < -0.39 is 5.97 Å². The standard InChI is InChI=1S/C11H18N2O2S/c1-2-9-8-16-11(13-9)12-7-5-3-4-6-10(14)15/h8H,2-7H2,1H3,(H,12,13)(H,14,15). The molecule has 0 saturated carbocycles. The van der Waals surface area contributed by atoms with Crippen molar-refractivity contribution >= 4 is 22.4 Å². The summed E-state index contributed by atoms with van der Waals surface area (Å²) in [6, 6.07) is 0. The van der Waals surface area contributed by atoms with Gasteiger partial charge < -0.3 is 10.4 Å². The number of thiazole rings is 1. The van der Waals surface area contributed by atoms with Gasteiger partial charge in [-0.2, -0.15) is 0 Å². The maximum Gasteiger partial charge on any atom is 0.303 e. The lowest BCUT2D eigenvalue weighted by atomic mass is 10.2. The first-order chi connectivity index (χ1) is 7.72. The highest BCUT2D eigenvalue weighted by Crippen LogP contribution is 2.15. The van der Waals surface area contributed by atoms with Gasteiger partial charge in [0.15, 0.2) is 5.13 Å². The number of unbranched alkanes of at least 4 members (excludes halogenated alkanes) is 2. The van der Waals surface area contributed by atoms with Crippen LogP contribution in [-0.2, 0) is 11.2 Å². The van der Waals surface area contributed by atoms with Crippen molar-refractivity contribution in [3.8, 4) is 0 Å². The second-order valence-corrected chi connectivity index (χ2v) is 4.49. The van der Waals surface area contributed by atoms with Gasteiger partial charge in [-0.15, -0.1) is 11.3 Å². The largest absolute Gasteiger partial charge is 0.481 e. The van der Waals surface area contributed by atoms with Crippen molar-refractivity contribution in [1.82, 2.24) is 4.98 Å². The molecule has 0 amide bonds. The van der Waals surface area contributed by atoms with E-state index in [2.05, 4.69) is 22.6 Å². The zero-order valence-electron chi connectivity index (χ0n) is 9.53. The van der Waals surface area contributed by atoms with Gasteiger partial charge in [-0.1, -0.05) is 13.3 Å². The summed E-state index contributed by atoms with van der Waals surface area (Å²) in [5, 5.41) is 14.7. The van der Waals surface area contributed by atoms with Gasteiger partial charge in [0.2, 0.25) is 0 Å². The first-order valence-electron chi connectivity index (χ1n) is 5.62. The van der Waals surface area contributed by atoms with Gasteiger partial charge in [0.25, 0.3) is 0 Å². The van der Waals surface area contributed by atoms with Crippen LogP contribution in [0, 0.1) is 0 Å². The lowest BCUT2D eigenvalue weighted by Gasteiger charge is -2.01. The maximum atomic E-state index is 10.3. The maximum absolute atomic E-state index is 10.3. The Kier molecular flexibility index (Phi) is 5.85. The van der Waals surface area contributed by atoms with Crippen molar-refractivity contribution in [2.75, 3.05) is 11.9 Å². The van der Waals surface area contributed by atoms with Crippen LogP contribution in [0.2, 0.25) is 0 Å². The second kappa shape index (κ2) is 7.22. The topological polar surface area (TPSA) is 62.2 Å². The SMILES string of the molecule is CCc1csc(NCCCCCC(=O)O)n1. The summed E-state index contributed by atoms with van der Waals surface area (Å²) in [5.74, 6) is -0.708. The van der Waals surface area contributed by atoms with Gasteiger partial charge >= 0.3 is 5.97 Å². The van der Waals surface area contributed by atoms with Crippen molar-refractivity contribution < 1.29 is 9.90 Å². The molecule has 16 heavy (non-hydrogen) atoms. The number of aryl methyl sites for hydroxylation is 1. The Balaban J connectivity index is 2.04. The molecule has 2 N–H and O–H groups in total. The molecular weight excluding hydrogens is 224 g/mol. The molecule has 0 aromatic carbocycles. The minimum absolute atomic E-state index is 0.275. The normalized spacial score (nSPS) is 10.3. The number of anilines is 1. The van der Waals surface area contributed by atoms with E-state index in [0.29, 0.717) is 0 Å². The highest BCUT2D eigenvalue weighted by atomic mass is 32.1. The molecule has 1 heterocycles. The summed E-state index contributed by atoms with van der Waals surface area (Å²) in [6.07, 6.45) is 3.95. The summed E-state index contributed by atoms with van der Waals surface area (Å²) in [6.45, 7) is 2.96. The van der Waals surface area contributed by atoms with E-state index in [1.165, 1.54) is 0 Å². The third kappa shape index (κ3) is 5.11.